The largest absolute Gasteiger partial charge is 0.497 e. The van der Waals surface area contributed by atoms with Crippen molar-refractivity contribution in [2.75, 3.05) is 16.9 Å². The molecule has 0 radical (unpaired) electrons. The Hall–Kier alpha value is -4.90. The maximum atomic E-state index is 14.3. The zero-order valence-corrected chi connectivity index (χ0v) is 20.5. The number of fused-ring (bicyclic) bond motifs is 1. The number of hydrogen-bond donors (Lipinski definition) is 0. The zero-order chi connectivity index (χ0) is 25.5. The van der Waals surface area contributed by atoms with E-state index < -0.39 is 0 Å². The first kappa shape index (κ1) is 22.6. The number of carbonyl (C=O) groups excluding carboxylic acids is 2. The predicted octanol–water partition coefficient (Wildman–Crippen LogP) is 6.22. The molecule has 2 heterocycles. The van der Waals surface area contributed by atoms with Gasteiger partial charge in [0, 0.05) is 11.4 Å². The summed E-state index contributed by atoms with van der Waals surface area (Å²) in [6, 6.07) is 34.3. The van der Waals surface area contributed by atoms with Gasteiger partial charge in [-0.05, 0) is 54.4 Å². The van der Waals surface area contributed by atoms with E-state index in [1.807, 2.05) is 116 Å². The number of ether oxygens (including phenoxy) is 1. The predicted molar refractivity (Wildman–Crippen MR) is 146 cm³/mol. The monoisotopic (exact) mass is 484 g/mol. The normalized spacial score (nSPS) is 15.1. The van der Waals surface area contributed by atoms with Crippen LogP contribution < -0.4 is 14.5 Å². The second-order valence-corrected chi connectivity index (χ2v) is 8.99. The summed E-state index contributed by atoms with van der Waals surface area (Å²) in [5, 5.41) is 0. The number of hydrogen-bond acceptors (Lipinski definition) is 3. The number of anilines is 2. The van der Waals surface area contributed by atoms with Crippen molar-refractivity contribution < 1.29 is 14.3 Å². The van der Waals surface area contributed by atoms with Crippen LogP contribution in [0.3, 0.4) is 0 Å². The van der Waals surface area contributed by atoms with Crippen LogP contribution in [0.15, 0.2) is 120 Å². The molecule has 5 nitrogen and oxygen atoms in total. The Morgan fingerprint density at radius 1 is 0.541 bits per heavy atom. The van der Waals surface area contributed by atoms with Crippen LogP contribution >= 0.6 is 0 Å². The van der Waals surface area contributed by atoms with Gasteiger partial charge in [-0.15, -0.1) is 0 Å². The second-order valence-electron chi connectivity index (χ2n) is 8.99. The van der Waals surface area contributed by atoms with Gasteiger partial charge in [0.05, 0.1) is 29.7 Å². The molecule has 2 aliphatic heterocycles. The molecule has 2 amide bonds. The summed E-state index contributed by atoms with van der Waals surface area (Å²) in [5.74, 6) is 0.233. The molecule has 0 spiro atoms. The summed E-state index contributed by atoms with van der Waals surface area (Å²) >= 11 is 0. The summed E-state index contributed by atoms with van der Waals surface area (Å²) in [7, 11) is 1.60. The Kier molecular flexibility index (Phi) is 5.46. The van der Waals surface area contributed by atoms with Crippen molar-refractivity contribution in [1.82, 2.24) is 0 Å². The topological polar surface area (TPSA) is 49.9 Å². The maximum Gasteiger partial charge on any atom is 0.265 e. The van der Waals surface area contributed by atoms with E-state index in [2.05, 4.69) is 0 Å². The van der Waals surface area contributed by atoms with Crippen molar-refractivity contribution in [1.29, 1.82) is 0 Å². The van der Waals surface area contributed by atoms with Crippen LogP contribution in [0.1, 0.15) is 16.7 Å². The highest BCUT2D eigenvalue weighted by Crippen LogP contribution is 2.49. The van der Waals surface area contributed by atoms with Crippen LogP contribution in [-0.2, 0) is 9.59 Å². The summed E-state index contributed by atoms with van der Waals surface area (Å²) in [5.41, 5.74) is 6.08. The standard InChI is InChI=1S/C32H24N2O3/c1-21-13-15-24(16-14-21)33-29(22-9-5-3-6-10-22)27-28(31(33)35)30(23-11-7-4-8-12-23)34(32(27)36)25-17-19-26(37-2)20-18-25/h3-20H,1-2H3. The second kappa shape index (κ2) is 8.95. The first-order valence-electron chi connectivity index (χ1n) is 12.1. The number of benzene rings is 4. The Labute approximate surface area is 215 Å². The number of rotatable bonds is 5. The zero-order valence-electron chi connectivity index (χ0n) is 20.5. The van der Waals surface area contributed by atoms with E-state index >= 15 is 0 Å². The molecule has 180 valence electrons. The molecule has 6 rings (SSSR count). The van der Waals surface area contributed by atoms with E-state index in [-0.39, 0.29) is 11.8 Å². The summed E-state index contributed by atoms with van der Waals surface area (Å²) < 4.78 is 5.32. The molecule has 37 heavy (non-hydrogen) atoms. The molecular formula is C32H24N2O3. The SMILES string of the molecule is COc1ccc(N2C(=O)C3=C(c4ccccc4)N(c4ccc(C)cc4)C(=O)C3=C2c2ccccc2)cc1. The fraction of sp³-hybridized carbons (Fsp3) is 0.0625. The minimum Gasteiger partial charge on any atom is -0.497 e. The Morgan fingerprint density at radius 2 is 0.946 bits per heavy atom. The molecule has 0 saturated carbocycles. The molecule has 0 bridgehead atoms. The molecule has 0 aromatic heterocycles. The summed E-state index contributed by atoms with van der Waals surface area (Å²) in [4.78, 5) is 31.9. The van der Waals surface area contributed by atoms with Crippen molar-refractivity contribution in [3.8, 4) is 5.75 Å². The van der Waals surface area contributed by atoms with Crippen LogP contribution in [0, 0.1) is 6.92 Å². The summed E-state index contributed by atoms with van der Waals surface area (Å²) in [6.45, 7) is 2.01. The minimum atomic E-state index is -0.235. The molecule has 4 aromatic rings. The van der Waals surface area contributed by atoms with E-state index in [0.717, 1.165) is 22.4 Å². The lowest BCUT2D eigenvalue weighted by Crippen LogP contribution is -2.29. The molecule has 0 unspecified atom stereocenters. The van der Waals surface area contributed by atoms with Gasteiger partial charge in [0.1, 0.15) is 5.75 Å². The fourth-order valence-corrected chi connectivity index (χ4v) is 4.96. The van der Waals surface area contributed by atoms with Gasteiger partial charge < -0.3 is 4.74 Å². The molecule has 0 N–H and O–H groups in total. The fourth-order valence-electron chi connectivity index (χ4n) is 4.96. The van der Waals surface area contributed by atoms with Crippen molar-refractivity contribution in [2.45, 2.75) is 6.92 Å². The van der Waals surface area contributed by atoms with E-state index in [4.69, 9.17) is 4.74 Å². The van der Waals surface area contributed by atoms with Crippen molar-refractivity contribution in [3.63, 3.8) is 0 Å². The van der Waals surface area contributed by atoms with Crippen molar-refractivity contribution in [2.24, 2.45) is 0 Å². The van der Waals surface area contributed by atoms with Crippen LogP contribution in [0.4, 0.5) is 11.4 Å². The Morgan fingerprint density at radius 3 is 1.35 bits per heavy atom. The quantitative estimate of drug-likeness (QED) is 0.338. The average molecular weight is 485 g/mol. The van der Waals surface area contributed by atoms with Gasteiger partial charge in [-0.2, -0.15) is 0 Å². The first-order chi connectivity index (χ1) is 18.1. The molecule has 0 aliphatic carbocycles. The van der Waals surface area contributed by atoms with Crippen LogP contribution in [-0.4, -0.2) is 18.9 Å². The average Bonchev–Trinajstić information content (AvgIpc) is 3.42. The number of methoxy groups -OCH3 is 1. The number of carbonyl (C=O) groups is 2. The van der Waals surface area contributed by atoms with E-state index in [9.17, 15) is 9.59 Å². The molecule has 4 aromatic carbocycles. The third kappa shape index (κ3) is 3.64. The molecule has 0 fully saturated rings. The van der Waals surface area contributed by atoms with Crippen molar-refractivity contribution >= 4 is 34.6 Å². The molecular weight excluding hydrogens is 460 g/mol. The third-order valence-electron chi connectivity index (χ3n) is 6.72. The summed E-state index contributed by atoms with van der Waals surface area (Å²) in [6.07, 6.45) is 0. The number of aryl methyl sites for hydroxylation is 1. The highest BCUT2D eigenvalue weighted by Gasteiger charge is 2.49. The number of amides is 2. The van der Waals surface area contributed by atoms with Gasteiger partial charge in [0.15, 0.2) is 0 Å². The van der Waals surface area contributed by atoms with E-state index in [0.29, 0.717) is 34.0 Å². The van der Waals surface area contributed by atoms with Crippen molar-refractivity contribution in [3.05, 3.63) is 137 Å². The van der Waals surface area contributed by atoms with Gasteiger partial charge in [-0.25, -0.2) is 0 Å². The number of nitrogens with zero attached hydrogens (tertiary/aromatic N) is 2. The lowest BCUT2D eigenvalue weighted by molar-refractivity contribution is -0.115. The molecule has 2 aliphatic rings. The highest BCUT2D eigenvalue weighted by atomic mass is 16.5. The van der Waals surface area contributed by atoms with E-state index in [1.165, 1.54) is 0 Å². The molecule has 0 atom stereocenters. The van der Waals surface area contributed by atoms with Crippen LogP contribution in [0.25, 0.3) is 11.4 Å². The minimum absolute atomic E-state index is 0.221. The first-order valence-corrected chi connectivity index (χ1v) is 12.1. The maximum absolute atomic E-state index is 14.3. The van der Waals surface area contributed by atoms with E-state index in [1.54, 1.807) is 16.9 Å². The van der Waals surface area contributed by atoms with Gasteiger partial charge in [-0.1, -0.05) is 78.4 Å². The van der Waals surface area contributed by atoms with Gasteiger partial charge in [-0.3, -0.25) is 19.4 Å². The molecule has 0 saturated heterocycles. The lowest BCUT2D eigenvalue weighted by Gasteiger charge is -2.25. The Bertz CT molecular complexity index is 1570. The van der Waals surface area contributed by atoms with Gasteiger partial charge in [0.25, 0.3) is 11.8 Å². The molecule has 5 heteroatoms. The Balaban J connectivity index is 1.64. The van der Waals surface area contributed by atoms with Crippen LogP contribution in [0.5, 0.6) is 5.75 Å². The smallest absolute Gasteiger partial charge is 0.265 e. The van der Waals surface area contributed by atoms with Gasteiger partial charge >= 0.3 is 0 Å². The highest BCUT2D eigenvalue weighted by molar-refractivity contribution is 6.41. The van der Waals surface area contributed by atoms with Crippen LogP contribution in [0.2, 0.25) is 0 Å². The third-order valence-corrected chi connectivity index (χ3v) is 6.72. The van der Waals surface area contributed by atoms with Gasteiger partial charge in [0.2, 0.25) is 0 Å². The lowest BCUT2D eigenvalue weighted by atomic mass is 10.0.